The molecule has 7 nitrogen and oxygen atoms in total. The highest BCUT2D eigenvalue weighted by atomic mass is 32.2. The molecule has 2 heterocycles. The van der Waals surface area contributed by atoms with E-state index < -0.39 is 9.84 Å². The number of sulfone groups is 1. The summed E-state index contributed by atoms with van der Waals surface area (Å²) in [6, 6.07) is 8.11. The Hall–Kier alpha value is -2.26. The van der Waals surface area contributed by atoms with Crippen LogP contribution in [0.5, 0.6) is 0 Å². The summed E-state index contributed by atoms with van der Waals surface area (Å²) in [5.74, 6) is -0.210. The fraction of sp³-hybridized carbons (Fsp3) is 0.333. The monoisotopic (exact) mass is 408 g/mol. The summed E-state index contributed by atoms with van der Waals surface area (Å²) in [5, 5.41) is 5.21. The van der Waals surface area contributed by atoms with Crippen LogP contribution in [0.15, 0.2) is 50.8 Å². The molecule has 2 amide bonds. The van der Waals surface area contributed by atoms with Gasteiger partial charge < -0.3 is 15.1 Å². The number of nitrogens with one attached hydrogen (secondary N) is 2. The van der Waals surface area contributed by atoms with E-state index in [1.54, 1.807) is 18.2 Å². The van der Waals surface area contributed by atoms with Crippen molar-refractivity contribution in [2.24, 2.45) is 0 Å². The molecular formula is C18H20N2O5S2. The molecule has 0 aliphatic carbocycles. The molecule has 0 bridgehead atoms. The van der Waals surface area contributed by atoms with E-state index in [0.717, 1.165) is 4.90 Å². The fourth-order valence-electron chi connectivity index (χ4n) is 2.62. The standard InChI is InChI=1S/C18H20N2O5S2/c1-2-15-18(22)20-14-10-13(5-6-16(14)26-15)27(23,24)9-7-17(21)19-11-12-4-3-8-25-12/h3-6,8,10,15H,2,7,9,11H2,1H3,(H,19,21)(H,20,22)/t15-/m0/s1. The maximum atomic E-state index is 12.5. The molecule has 1 aromatic heterocycles. The summed E-state index contributed by atoms with van der Waals surface area (Å²) in [4.78, 5) is 24.8. The van der Waals surface area contributed by atoms with Crippen molar-refractivity contribution in [3.05, 3.63) is 42.4 Å². The third kappa shape index (κ3) is 4.72. The molecule has 1 aromatic carbocycles. The SMILES string of the molecule is CC[C@@H]1Sc2ccc(S(=O)(=O)CCC(=O)NCc3ccco3)cc2NC1=O. The number of furan rings is 1. The zero-order valence-electron chi connectivity index (χ0n) is 14.7. The van der Waals surface area contributed by atoms with Gasteiger partial charge in [0.25, 0.3) is 0 Å². The van der Waals surface area contributed by atoms with Crippen molar-refractivity contribution < 1.29 is 22.4 Å². The Morgan fingerprint density at radius 3 is 2.85 bits per heavy atom. The van der Waals surface area contributed by atoms with Crippen molar-refractivity contribution >= 4 is 39.1 Å². The molecule has 3 rings (SSSR count). The normalized spacial score (nSPS) is 16.5. The summed E-state index contributed by atoms with van der Waals surface area (Å²) in [7, 11) is -3.64. The highest BCUT2D eigenvalue weighted by Crippen LogP contribution is 2.38. The second-order valence-electron chi connectivity index (χ2n) is 6.09. The Bertz CT molecular complexity index is 939. The van der Waals surface area contributed by atoms with Crippen molar-refractivity contribution in [2.45, 2.75) is 41.4 Å². The van der Waals surface area contributed by atoms with Crippen molar-refractivity contribution in [3.8, 4) is 0 Å². The second kappa shape index (κ2) is 8.18. The second-order valence-corrected chi connectivity index (χ2v) is 9.44. The van der Waals surface area contributed by atoms with Crippen molar-refractivity contribution in [3.63, 3.8) is 0 Å². The van der Waals surface area contributed by atoms with Crippen LogP contribution in [0.4, 0.5) is 5.69 Å². The molecule has 2 aromatic rings. The first-order chi connectivity index (χ1) is 12.9. The lowest BCUT2D eigenvalue weighted by atomic mass is 10.2. The number of hydrogen-bond donors (Lipinski definition) is 2. The fourth-order valence-corrected chi connectivity index (χ4v) is 4.91. The maximum Gasteiger partial charge on any atom is 0.237 e. The van der Waals surface area contributed by atoms with Crippen LogP contribution in [0.2, 0.25) is 0 Å². The Balaban J connectivity index is 1.62. The van der Waals surface area contributed by atoms with E-state index in [1.807, 2.05) is 6.92 Å². The van der Waals surface area contributed by atoms with Gasteiger partial charge in [-0.15, -0.1) is 11.8 Å². The van der Waals surface area contributed by atoms with Crippen LogP contribution in [-0.2, 0) is 26.0 Å². The highest BCUT2D eigenvalue weighted by Gasteiger charge is 2.27. The van der Waals surface area contributed by atoms with Crippen LogP contribution < -0.4 is 10.6 Å². The van der Waals surface area contributed by atoms with Crippen LogP contribution in [0.3, 0.4) is 0 Å². The Morgan fingerprint density at radius 2 is 2.15 bits per heavy atom. The van der Waals surface area contributed by atoms with E-state index in [2.05, 4.69) is 10.6 Å². The largest absolute Gasteiger partial charge is 0.467 e. The molecule has 2 N–H and O–H groups in total. The van der Waals surface area contributed by atoms with E-state index in [4.69, 9.17) is 4.42 Å². The lowest BCUT2D eigenvalue weighted by Crippen LogP contribution is -2.28. The van der Waals surface area contributed by atoms with Crippen molar-refractivity contribution in [1.82, 2.24) is 5.32 Å². The number of carbonyl (C=O) groups excluding carboxylic acids is 2. The number of rotatable bonds is 7. The third-order valence-corrected chi connectivity index (χ3v) is 7.29. The van der Waals surface area contributed by atoms with Gasteiger partial charge in [0.2, 0.25) is 11.8 Å². The summed E-state index contributed by atoms with van der Waals surface area (Å²) in [6.07, 6.45) is 2.05. The summed E-state index contributed by atoms with van der Waals surface area (Å²) >= 11 is 1.43. The molecule has 0 spiro atoms. The molecule has 1 atom stereocenters. The van der Waals surface area contributed by atoms with E-state index in [0.29, 0.717) is 17.9 Å². The van der Waals surface area contributed by atoms with Crippen molar-refractivity contribution in [1.29, 1.82) is 0 Å². The lowest BCUT2D eigenvalue weighted by Gasteiger charge is -2.23. The minimum absolute atomic E-state index is 0.0935. The van der Waals surface area contributed by atoms with Crippen molar-refractivity contribution in [2.75, 3.05) is 11.1 Å². The number of fused-ring (bicyclic) bond motifs is 1. The zero-order valence-corrected chi connectivity index (χ0v) is 16.4. The first kappa shape index (κ1) is 19.5. The Kier molecular flexibility index (Phi) is 5.91. The predicted molar refractivity (Wildman–Crippen MR) is 102 cm³/mol. The number of thioether (sulfide) groups is 1. The molecule has 27 heavy (non-hydrogen) atoms. The van der Waals surface area contributed by atoms with Crippen LogP contribution >= 0.6 is 11.8 Å². The van der Waals surface area contributed by atoms with E-state index in [-0.39, 0.29) is 40.7 Å². The highest BCUT2D eigenvalue weighted by molar-refractivity contribution is 8.01. The molecule has 144 valence electrons. The minimum atomic E-state index is -3.64. The Morgan fingerprint density at radius 1 is 1.33 bits per heavy atom. The van der Waals surface area contributed by atoms with Gasteiger partial charge in [0, 0.05) is 11.3 Å². The predicted octanol–water partition coefficient (Wildman–Crippen LogP) is 2.58. The van der Waals surface area contributed by atoms with E-state index in [1.165, 1.54) is 30.2 Å². The number of benzene rings is 1. The molecule has 1 aliphatic rings. The van der Waals surface area contributed by atoms with Gasteiger partial charge >= 0.3 is 0 Å². The minimum Gasteiger partial charge on any atom is -0.467 e. The van der Waals surface area contributed by atoms with Gasteiger partial charge in [0.05, 0.1) is 34.4 Å². The molecular weight excluding hydrogens is 388 g/mol. The summed E-state index contributed by atoms with van der Waals surface area (Å²) in [6.45, 7) is 2.14. The number of amides is 2. The molecule has 0 radical (unpaired) electrons. The quantitative estimate of drug-likeness (QED) is 0.729. The summed E-state index contributed by atoms with van der Waals surface area (Å²) in [5.41, 5.74) is 0.498. The van der Waals surface area contributed by atoms with Gasteiger partial charge in [-0.05, 0) is 36.8 Å². The smallest absolute Gasteiger partial charge is 0.237 e. The van der Waals surface area contributed by atoms with E-state index >= 15 is 0 Å². The van der Waals surface area contributed by atoms with Gasteiger partial charge in [0.1, 0.15) is 5.76 Å². The van der Waals surface area contributed by atoms with Gasteiger partial charge in [-0.1, -0.05) is 6.92 Å². The van der Waals surface area contributed by atoms with E-state index in [9.17, 15) is 18.0 Å². The Labute approximate surface area is 161 Å². The van der Waals surface area contributed by atoms with Crippen LogP contribution in [0.1, 0.15) is 25.5 Å². The van der Waals surface area contributed by atoms with Gasteiger partial charge in [-0.25, -0.2) is 8.42 Å². The molecule has 0 saturated carbocycles. The average Bonchev–Trinajstić information content (AvgIpc) is 3.17. The average molecular weight is 409 g/mol. The zero-order chi connectivity index (χ0) is 19.4. The number of carbonyl (C=O) groups is 2. The first-order valence-electron chi connectivity index (χ1n) is 8.52. The van der Waals surface area contributed by atoms with Crippen LogP contribution in [0.25, 0.3) is 0 Å². The molecule has 9 heteroatoms. The van der Waals surface area contributed by atoms with Crippen LogP contribution in [0, 0.1) is 0 Å². The first-order valence-corrected chi connectivity index (χ1v) is 11.1. The molecule has 0 fully saturated rings. The molecule has 0 unspecified atom stereocenters. The maximum absolute atomic E-state index is 12.5. The van der Waals surface area contributed by atoms with Crippen LogP contribution in [-0.4, -0.2) is 31.2 Å². The number of hydrogen-bond acceptors (Lipinski definition) is 6. The molecule has 1 aliphatic heterocycles. The molecule has 0 saturated heterocycles. The van der Waals surface area contributed by atoms with Gasteiger partial charge in [-0.2, -0.15) is 0 Å². The number of anilines is 1. The summed E-state index contributed by atoms with van der Waals surface area (Å²) < 4.78 is 30.2. The van der Waals surface area contributed by atoms with Gasteiger partial charge in [-0.3, -0.25) is 9.59 Å². The topological polar surface area (TPSA) is 105 Å². The van der Waals surface area contributed by atoms with Gasteiger partial charge in [0.15, 0.2) is 9.84 Å². The third-order valence-electron chi connectivity index (χ3n) is 4.14. The lowest BCUT2D eigenvalue weighted by molar-refractivity contribution is -0.121.